The number of anilines is 3. The Morgan fingerprint density at radius 3 is 2.06 bits per heavy atom. The molecule has 0 aliphatic carbocycles. The van der Waals surface area contributed by atoms with Crippen molar-refractivity contribution in [3.8, 4) is 0 Å². The lowest BCUT2D eigenvalue weighted by Crippen LogP contribution is -2.56. The van der Waals surface area contributed by atoms with E-state index in [1.807, 2.05) is 61.5 Å². The zero-order valence-corrected chi connectivity index (χ0v) is 28.9. The fraction of sp³-hybridized carbons (Fsp3) is 0.513. The number of para-hydroxylation sites is 1. The molecular formula is C39H52N4O5. The molecule has 3 aliphatic heterocycles. The summed E-state index contributed by atoms with van der Waals surface area (Å²) in [6.07, 6.45) is 7.00. The number of aliphatic hydroxyl groups is 1. The van der Waals surface area contributed by atoms with Crippen molar-refractivity contribution in [1.29, 1.82) is 0 Å². The minimum absolute atomic E-state index is 0.0663. The second kappa shape index (κ2) is 15.1. The Labute approximate surface area is 285 Å². The fourth-order valence-corrected chi connectivity index (χ4v) is 8.44. The Bertz CT molecular complexity index is 1460. The lowest BCUT2D eigenvalue weighted by atomic mass is 9.64. The number of nitrogens with zero attached hydrogens (tertiary/aromatic N) is 4. The van der Waals surface area contributed by atoms with Crippen LogP contribution in [0.25, 0.3) is 0 Å². The van der Waals surface area contributed by atoms with Crippen LogP contribution >= 0.6 is 0 Å². The number of hydrogen-bond acceptors (Lipinski definition) is 6. The van der Waals surface area contributed by atoms with Crippen LogP contribution in [0, 0.1) is 11.8 Å². The van der Waals surface area contributed by atoms with E-state index in [9.17, 15) is 14.7 Å². The molecule has 2 aromatic carbocycles. The summed E-state index contributed by atoms with van der Waals surface area (Å²) in [5, 5.41) is 9.43. The highest BCUT2D eigenvalue weighted by Gasteiger charge is 2.79. The van der Waals surface area contributed by atoms with Crippen molar-refractivity contribution >= 4 is 34.8 Å². The van der Waals surface area contributed by atoms with Gasteiger partial charge in [-0.3, -0.25) is 14.4 Å². The summed E-state index contributed by atoms with van der Waals surface area (Å²) in [6, 6.07) is 16.5. The average molecular weight is 657 g/mol. The number of amides is 3. The van der Waals surface area contributed by atoms with Crippen LogP contribution < -0.4 is 14.7 Å². The third kappa shape index (κ3) is 6.07. The molecule has 3 fully saturated rings. The van der Waals surface area contributed by atoms with Crippen LogP contribution in [-0.4, -0.2) is 84.3 Å². The second-order valence-electron chi connectivity index (χ2n) is 13.1. The zero-order chi connectivity index (χ0) is 34.5. The van der Waals surface area contributed by atoms with Gasteiger partial charge < -0.3 is 29.4 Å². The number of aliphatic hydroxyl groups excluding tert-OH is 1. The molecule has 258 valence electrons. The topological polar surface area (TPSA) is 93.6 Å². The Morgan fingerprint density at radius 2 is 1.48 bits per heavy atom. The third-order valence-electron chi connectivity index (χ3n) is 10.8. The monoisotopic (exact) mass is 656 g/mol. The number of rotatable bonds is 17. The van der Waals surface area contributed by atoms with Gasteiger partial charge in [-0.2, -0.15) is 0 Å². The molecule has 3 saturated heterocycles. The number of carbonyl (C=O) groups excluding carboxylic acids is 3. The summed E-state index contributed by atoms with van der Waals surface area (Å²) in [7, 11) is 0. The molecule has 3 heterocycles. The summed E-state index contributed by atoms with van der Waals surface area (Å²) in [4.78, 5) is 51.8. The van der Waals surface area contributed by atoms with Crippen LogP contribution in [0.4, 0.5) is 17.1 Å². The molecule has 1 N–H and O–H groups in total. The maximum absolute atomic E-state index is 15.0. The lowest BCUT2D eigenvalue weighted by molar-refractivity contribution is -0.146. The van der Waals surface area contributed by atoms with Crippen molar-refractivity contribution in [2.75, 3.05) is 54.0 Å². The van der Waals surface area contributed by atoms with Gasteiger partial charge in [-0.05, 0) is 88.8 Å². The molecular weight excluding hydrogens is 604 g/mol. The summed E-state index contributed by atoms with van der Waals surface area (Å²) in [5.41, 5.74) is 0.520. The third-order valence-corrected chi connectivity index (χ3v) is 10.8. The number of carbonyl (C=O) groups is 3. The minimum Gasteiger partial charge on any atom is -0.396 e. The van der Waals surface area contributed by atoms with Gasteiger partial charge in [0.05, 0.1) is 17.4 Å². The van der Waals surface area contributed by atoms with E-state index in [0.29, 0.717) is 45.1 Å². The van der Waals surface area contributed by atoms with Gasteiger partial charge in [0.2, 0.25) is 11.8 Å². The number of likely N-dealkylation sites (tertiary alicyclic amines) is 1. The van der Waals surface area contributed by atoms with E-state index in [1.165, 1.54) is 0 Å². The van der Waals surface area contributed by atoms with E-state index in [4.69, 9.17) is 4.74 Å². The molecule has 9 heteroatoms. The summed E-state index contributed by atoms with van der Waals surface area (Å²) >= 11 is 0. The largest absolute Gasteiger partial charge is 0.396 e. The molecule has 1 spiro atoms. The first kappa shape index (κ1) is 35.4. The maximum atomic E-state index is 15.0. The highest BCUT2D eigenvalue weighted by atomic mass is 16.5. The fourth-order valence-electron chi connectivity index (χ4n) is 8.44. The van der Waals surface area contributed by atoms with Gasteiger partial charge in [0.1, 0.15) is 11.6 Å². The van der Waals surface area contributed by atoms with E-state index in [1.54, 1.807) is 26.9 Å². The van der Waals surface area contributed by atoms with Gasteiger partial charge >= 0.3 is 0 Å². The van der Waals surface area contributed by atoms with Crippen LogP contribution in [0.5, 0.6) is 0 Å². The standard InChI is InChI=1S/C39H52N4O5/c1-6-25-41(30-17-13-11-14-18-30)35(45)32-33-36(46)43(27-15-12-16-28-44)34(39(33)24-23-38(32,8-3)48-39)37(47)42(26-7-2)31-21-19-29(20-22-31)40(9-4)10-5/h6-7,11,13-14,17-22,32-34,44H,1-2,8-10,12,15-16,23-28H2,3-5H3/t32-,33+,34?,38+,39?/m1/s1. The Morgan fingerprint density at radius 1 is 0.875 bits per heavy atom. The van der Waals surface area contributed by atoms with Crippen LogP contribution in [0.2, 0.25) is 0 Å². The quantitative estimate of drug-likeness (QED) is 0.176. The molecule has 2 bridgehead atoms. The average Bonchev–Trinajstić information content (AvgIpc) is 3.72. The Balaban J connectivity index is 1.57. The van der Waals surface area contributed by atoms with Crippen molar-refractivity contribution < 1.29 is 24.2 Å². The van der Waals surface area contributed by atoms with Crippen LogP contribution in [-0.2, 0) is 19.1 Å². The van der Waals surface area contributed by atoms with Crippen molar-refractivity contribution in [2.45, 2.75) is 76.5 Å². The summed E-state index contributed by atoms with van der Waals surface area (Å²) in [5.74, 6) is -2.14. The van der Waals surface area contributed by atoms with E-state index < -0.39 is 29.1 Å². The molecule has 0 radical (unpaired) electrons. The molecule has 5 atom stereocenters. The molecule has 3 aliphatic rings. The number of benzene rings is 2. The van der Waals surface area contributed by atoms with Gasteiger partial charge in [0.15, 0.2) is 0 Å². The molecule has 0 aromatic heterocycles. The SMILES string of the molecule is C=CCN(C(=O)C1N(CCCCCO)C(=O)[C@@H]2[C@H](C(=O)N(CC=C)c3ccccc3)[C@]3(CC)CCC12O3)c1ccc(N(CC)CC)cc1. The van der Waals surface area contributed by atoms with Gasteiger partial charge in [-0.1, -0.05) is 37.3 Å². The van der Waals surface area contributed by atoms with Crippen LogP contribution in [0.1, 0.15) is 59.3 Å². The van der Waals surface area contributed by atoms with Crippen LogP contribution in [0.3, 0.4) is 0 Å². The van der Waals surface area contributed by atoms with Crippen molar-refractivity contribution in [3.05, 3.63) is 79.9 Å². The van der Waals surface area contributed by atoms with E-state index in [-0.39, 0.29) is 37.4 Å². The molecule has 0 saturated carbocycles. The molecule has 48 heavy (non-hydrogen) atoms. The molecule has 5 rings (SSSR count). The normalized spacial score (nSPS) is 25.5. The highest BCUT2D eigenvalue weighted by molar-refractivity contribution is 6.07. The Kier molecular flexibility index (Phi) is 11.1. The minimum atomic E-state index is -1.14. The van der Waals surface area contributed by atoms with E-state index >= 15 is 4.79 Å². The molecule has 9 nitrogen and oxygen atoms in total. The maximum Gasteiger partial charge on any atom is 0.253 e. The smallest absolute Gasteiger partial charge is 0.253 e. The first-order chi connectivity index (χ1) is 23.3. The number of unbranched alkanes of at least 4 members (excludes halogenated alkanes) is 2. The van der Waals surface area contributed by atoms with Gasteiger partial charge in [0.25, 0.3) is 5.91 Å². The molecule has 2 unspecified atom stereocenters. The summed E-state index contributed by atoms with van der Waals surface area (Å²) in [6.45, 7) is 16.8. The lowest BCUT2D eigenvalue weighted by Gasteiger charge is -2.37. The molecule has 3 amide bonds. The van der Waals surface area contributed by atoms with Crippen molar-refractivity contribution in [1.82, 2.24) is 4.90 Å². The van der Waals surface area contributed by atoms with E-state index in [2.05, 4.69) is 31.9 Å². The van der Waals surface area contributed by atoms with Crippen molar-refractivity contribution in [2.24, 2.45) is 11.8 Å². The zero-order valence-electron chi connectivity index (χ0n) is 28.9. The second-order valence-corrected chi connectivity index (χ2v) is 13.1. The van der Waals surface area contributed by atoms with Crippen LogP contribution in [0.15, 0.2) is 79.9 Å². The van der Waals surface area contributed by atoms with Gasteiger partial charge in [-0.15, -0.1) is 13.2 Å². The number of ether oxygens (including phenoxy) is 1. The number of fused-ring (bicyclic) bond motifs is 1. The predicted octanol–water partition coefficient (Wildman–Crippen LogP) is 5.59. The predicted molar refractivity (Wildman–Crippen MR) is 191 cm³/mol. The van der Waals surface area contributed by atoms with Gasteiger partial charge in [0, 0.05) is 56.4 Å². The number of hydrogen-bond donors (Lipinski definition) is 1. The summed E-state index contributed by atoms with van der Waals surface area (Å²) < 4.78 is 7.07. The highest BCUT2D eigenvalue weighted by Crippen LogP contribution is 2.65. The van der Waals surface area contributed by atoms with Crippen molar-refractivity contribution in [3.63, 3.8) is 0 Å². The van der Waals surface area contributed by atoms with E-state index in [0.717, 1.165) is 30.2 Å². The van der Waals surface area contributed by atoms with Gasteiger partial charge in [-0.25, -0.2) is 0 Å². The molecule has 2 aromatic rings. The first-order valence-electron chi connectivity index (χ1n) is 17.6. The first-order valence-corrected chi connectivity index (χ1v) is 17.6. The Hall–Kier alpha value is -3.95.